The molecule has 1 aromatic carbocycles. The standard InChI is InChI=1S/C16H23N3/c1-11(2)16-10-14(8-9-17)18-19(16)15-7-5-6-12(3)13(15)4/h5-7,10-11H,8-9,17H2,1-4H3. The molecule has 0 spiro atoms. The zero-order chi connectivity index (χ0) is 14.0. The van der Waals surface area contributed by atoms with Gasteiger partial charge in [0.05, 0.1) is 11.4 Å². The summed E-state index contributed by atoms with van der Waals surface area (Å²) in [6.45, 7) is 9.33. The van der Waals surface area contributed by atoms with Gasteiger partial charge in [-0.2, -0.15) is 5.10 Å². The van der Waals surface area contributed by atoms with E-state index in [0.29, 0.717) is 12.5 Å². The number of rotatable bonds is 4. The Kier molecular flexibility index (Phi) is 4.05. The summed E-state index contributed by atoms with van der Waals surface area (Å²) in [5.41, 5.74) is 11.7. The molecule has 0 saturated carbocycles. The van der Waals surface area contributed by atoms with Crippen LogP contribution in [0.5, 0.6) is 0 Å². The van der Waals surface area contributed by atoms with Crippen molar-refractivity contribution in [2.24, 2.45) is 5.73 Å². The number of benzene rings is 1. The van der Waals surface area contributed by atoms with Gasteiger partial charge in [0.1, 0.15) is 0 Å². The predicted molar refractivity (Wildman–Crippen MR) is 79.9 cm³/mol. The van der Waals surface area contributed by atoms with Crippen molar-refractivity contribution < 1.29 is 0 Å². The monoisotopic (exact) mass is 257 g/mol. The van der Waals surface area contributed by atoms with Gasteiger partial charge in [-0.1, -0.05) is 26.0 Å². The quantitative estimate of drug-likeness (QED) is 0.914. The van der Waals surface area contributed by atoms with Crippen molar-refractivity contribution in [1.82, 2.24) is 9.78 Å². The van der Waals surface area contributed by atoms with Crippen molar-refractivity contribution in [2.75, 3.05) is 6.54 Å². The summed E-state index contributed by atoms with van der Waals surface area (Å²) in [5, 5.41) is 4.73. The molecule has 0 amide bonds. The van der Waals surface area contributed by atoms with Crippen LogP contribution in [0, 0.1) is 13.8 Å². The van der Waals surface area contributed by atoms with E-state index in [4.69, 9.17) is 10.8 Å². The van der Waals surface area contributed by atoms with E-state index in [9.17, 15) is 0 Å². The van der Waals surface area contributed by atoms with Gasteiger partial charge < -0.3 is 5.73 Å². The highest BCUT2D eigenvalue weighted by atomic mass is 15.3. The third-order valence-electron chi connectivity index (χ3n) is 3.58. The molecule has 3 heteroatoms. The van der Waals surface area contributed by atoms with Gasteiger partial charge >= 0.3 is 0 Å². The van der Waals surface area contributed by atoms with Crippen LogP contribution in [-0.2, 0) is 6.42 Å². The third-order valence-corrected chi connectivity index (χ3v) is 3.58. The lowest BCUT2D eigenvalue weighted by Crippen LogP contribution is -2.07. The molecule has 0 fully saturated rings. The first-order valence-electron chi connectivity index (χ1n) is 6.90. The van der Waals surface area contributed by atoms with Crippen LogP contribution < -0.4 is 5.73 Å². The van der Waals surface area contributed by atoms with Crippen LogP contribution in [-0.4, -0.2) is 16.3 Å². The largest absolute Gasteiger partial charge is 0.330 e. The summed E-state index contributed by atoms with van der Waals surface area (Å²) in [7, 11) is 0. The number of hydrogen-bond donors (Lipinski definition) is 1. The van der Waals surface area contributed by atoms with E-state index in [1.54, 1.807) is 0 Å². The van der Waals surface area contributed by atoms with E-state index in [0.717, 1.165) is 12.1 Å². The number of nitrogens with two attached hydrogens (primary N) is 1. The Balaban J connectivity index is 2.56. The summed E-state index contributed by atoms with van der Waals surface area (Å²) in [6.07, 6.45) is 0.831. The van der Waals surface area contributed by atoms with E-state index in [1.807, 2.05) is 0 Å². The van der Waals surface area contributed by atoms with Crippen LogP contribution >= 0.6 is 0 Å². The molecule has 102 valence electrons. The van der Waals surface area contributed by atoms with E-state index >= 15 is 0 Å². The summed E-state index contributed by atoms with van der Waals surface area (Å²) < 4.78 is 2.08. The highest BCUT2D eigenvalue weighted by Crippen LogP contribution is 2.24. The lowest BCUT2D eigenvalue weighted by atomic mass is 10.1. The van der Waals surface area contributed by atoms with Gasteiger partial charge in [0.15, 0.2) is 0 Å². The second kappa shape index (κ2) is 5.57. The van der Waals surface area contributed by atoms with E-state index in [1.165, 1.54) is 22.5 Å². The minimum absolute atomic E-state index is 0.443. The van der Waals surface area contributed by atoms with Crippen molar-refractivity contribution in [3.63, 3.8) is 0 Å². The zero-order valence-corrected chi connectivity index (χ0v) is 12.3. The number of aryl methyl sites for hydroxylation is 1. The zero-order valence-electron chi connectivity index (χ0n) is 12.3. The molecule has 0 radical (unpaired) electrons. The molecule has 0 aliphatic heterocycles. The minimum atomic E-state index is 0.443. The van der Waals surface area contributed by atoms with Crippen molar-refractivity contribution in [1.29, 1.82) is 0 Å². The number of aromatic nitrogens is 2. The molecule has 0 unspecified atom stereocenters. The van der Waals surface area contributed by atoms with Crippen molar-refractivity contribution in [3.05, 3.63) is 46.8 Å². The molecule has 0 atom stereocenters. The third kappa shape index (κ3) is 2.71. The van der Waals surface area contributed by atoms with E-state index in [2.05, 4.69) is 56.6 Å². The molecule has 1 heterocycles. The Bertz CT molecular complexity index is 567. The van der Waals surface area contributed by atoms with Crippen LogP contribution in [0.4, 0.5) is 0 Å². The molecule has 0 aliphatic rings. The highest BCUT2D eigenvalue weighted by molar-refractivity contribution is 5.45. The Hall–Kier alpha value is -1.61. The maximum Gasteiger partial charge on any atom is 0.0680 e. The fourth-order valence-corrected chi connectivity index (χ4v) is 2.29. The molecule has 2 aromatic rings. The summed E-state index contributed by atoms with van der Waals surface area (Å²) in [6, 6.07) is 8.54. The smallest absolute Gasteiger partial charge is 0.0680 e. The molecule has 19 heavy (non-hydrogen) atoms. The van der Waals surface area contributed by atoms with Crippen molar-refractivity contribution in [3.8, 4) is 5.69 Å². The molecule has 0 aliphatic carbocycles. The summed E-state index contributed by atoms with van der Waals surface area (Å²) in [4.78, 5) is 0. The van der Waals surface area contributed by atoms with Crippen LogP contribution in [0.15, 0.2) is 24.3 Å². The van der Waals surface area contributed by atoms with Crippen molar-refractivity contribution in [2.45, 2.75) is 40.0 Å². The highest BCUT2D eigenvalue weighted by Gasteiger charge is 2.14. The Labute approximate surface area is 115 Å². The van der Waals surface area contributed by atoms with Crippen LogP contribution in [0.2, 0.25) is 0 Å². The van der Waals surface area contributed by atoms with Gasteiger partial charge in [0.25, 0.3) is 0 Å². The molecular formula is C16H23N3. The Morgan fingerprint density at radius 2 is 2.00 bits per heavy atom. The fraction of sp³-hybridized carbons (Fsp3) is 0.438. The number of nitrogens with zero attached hydrogens (tertiary/aromatic N) is 2. The molecule has 0 saturated heterocycles. The normalized spacial score (nSPS) is 11.3. The Morgan fingerprint density at radius 3 is 2.63 bits per heavy atom. The topological polar surface area (TPSA) is 43.8 Å². The SMILES string of the molecule is Cc1cccc(-n2nc(CCN)cc2C(C)C)c1C. The van der Waals surface area contributed by atoms with E-state index < -0.39 is 0 Å². The van der Waals surface area contributed by atoms with Gasteiger partial charge in [-0.15, -0.1) is 0 Å². The molecule has 0 bridgehead atoms. The first kappa shape index (κ1) is 13.8. The average molecular weight is 257 g/mol. The van der Waals surface area contributed by atoms with Gasteiger partial charge in [0, 0.05) is 12.1 Å². The average Bonchev–Trinajstić information content (AvgIpc) is 2.77. The lowest BCUT2D eigenvalue weighted by molar-refractivity contribution is 0.722. The fourth-order valence-electron chi connectivity index (χ4n) is 2.29. The first-order chi connectivity index (χ1) is 9.04. The lowest BCUT2D eigenvalue weighted by Gasteiger charge is -2.13. The van der Waals surface area contributed by atoms with Gasteiger partial charge in [-0.05, 0) is 49.6 Å². The second-order valence-electron chi connectivity index (χ2n) is 5.38. The van der Waals surface area contributed by atoms with Gasteiger partial charge in [-0.25, -0.2) is 4.68 Å². The van der Waals surface area contributed by atoms with Crippen LogP contribution in [0.3, 0.4) is 0 Å². The molecular weight excluding hydrogens is 234 g/mol. The van der Waals surface area contributed by atoms with Crippen LogP contribution in [0.25, 0.3) is 5.69 Å². The predicted octanol–water partition coefficient (Wildman–Crippen LogP) is 3.11. The summed E-state index contributed by atoms with van der Waals surface area (Å²) in [5.74, 6) is 0.443. The molecule has 3 nitrogen and oxygen atoms in total. The van der Waals surface area contributed by atoms with Gasteiger partial charge in [-0.3, -0.25) is 0 Å². The number of hydrogen-bond acceptors (Lipinski definition) is 2. The van der Waals surface area contributed by atoms with Crippen LogP contribution in [0.1, 0.15) is 42.3 Å². The molecule has 2 rings (SSSR count). The van der Waals surface area contributed by atoms with Crippen molar-refractivity contribution >= 4 is 0 Å². The maximum atomic E-state index is 5.64. The molecule has 2 N–H and O–H groups in total. The maximum absolute atomic E-state index is 5.64. The first-order valence-corrected chi connectivity index (χ1v) is 6.90. The van der Waals surface area contributed by atoms with Gasteiger partial charge in [0.2, 0.25) is 0 Å². The second-order valence-corrected chi connectivity index (χ2v) is 5.38. The minimum Gasteiger partial charge on any atom is -0.330 e. The Morgan fingerprint density at radius 1 is 1.26 bits per heavy atom. The summed E-state index contributed by atoms with van der Waals surface area (Å²) >= 11 is 0. The molecule has 1 aromatic heterocycles. The van der Waals surface area contributed by atoms with E-state index in [-0.39, 0.29) is 0 Å².